The van der Waals surface area contributed by atoms with Crippen molar-refractivity contribution in [3.05, 3.63) is 12.3 Å². The molecule has 0 aliphatic carbocycles. The molecule has 0 saturated heterocycles. The summed E-state index contributed by atoms with van der Waals surface area (Å²) >= 11 is 0. The summed E-state index contributed by atoms with van der Waals surface area (Å²) in [5, 5.41) is 9.64. The van der Waals surface area contributed by atoms with Gasteiger partial charge in [-0.15, -0.1) is 6.26 Å². The first-order chi connectivity index (χ1) is 3.68. The van der Waals surface area contributed by atoms with Crippen LogP contribution in [0.1, 0.15) is 13.8 Å². The maximum atomic E-state index is 10.5. The van der Waals surface area contributed by atoms with Crippen LogP contribution in [0.15, 0.2) is 12.3 Å². The van der Waals surface area contributed by atoms with E-state index in [1.54, 1.807) is 13.8 Å². The maximum absolute atomic E-state index is 10.5. The van der Waals surface area contributed by atoms with Crippen LogP contribution in [0.4, 0.5) is 0 Å². The summed E-state index contributed by atoms with van der Waals surface area (Å²) in [5.41, 5.74) is 0. The Labute approximate surface area is 77.2 Å². The first kappa shape index (κ1) is 11.9. The van der Waals surface area contributed by atoms with Crippen LogP contribution in [0, 0.1) is 5.92 Å². The van der Waals surface area contributed by atoms with E-state index in [4.69, 9.17) is 0 Å². The van der Waals surface area contributed by atoms with Gasteiger partial charge in [0, 0.05) is 5.92 Å². The molecule has 0 heterocycles. The van der Waals surface area contributed by atoms with E-state index < -0.39 is 0 Å². The molecule has 0 N–H and O–H groups in total. The molecule has 46 valence electrons. The number of hydrogen-bond donors (Lipinski definition) is 0. The molecule has 0 aromatic rings. The van der Waals surface area contributed by atoms with E-state index in [2.05, 4.69) is 0 Å². The fraction of sp³-hybridized carbons (Fsp3) is 0.500. The third kappa shape index (κ3) is 6.09. The molecule has 0 radical (unpaired) electrons. The largest absolute Gasteiger partial charge is 1.00 e. The van der Waals surface area contributed by atoms with E-state index in [9.17, 15) is 9.90 Å². The predicted octanol–water partition coefficient (Wildman–Crippen LogP) is -2.91. The Hall–Kier alpha value is 0.210. The van der Waals surface area contributed by atoms with Gasteiger partial charge in [-0.2, -0.15) is 0 Å². The second kappa shape index (κ2) is 6.33. The topological polar surface area (TPSA) is 40.1 Å². The Bertz CT molecular complexity index is 108. The number of ketones is 1. The number of hydrogen-bond acceptors (Lipinski definition) is 2. The average Bonchev–Trinajstić information content (AvgIpc) is 1.67. The fourth-order valence-corrected chi connectivity index (χ4v) is 0.260. The van der Waals surface area contributed by atoms with Crippen molar-refractivity contribution in [2.75, 3.05) is 0 Å². The molecule has 0 bridgehead atoms. The molecule has 0 amide bonds. The first-order valence-corrected chi connectivity index (χ1v) is 2.51. The minimum absolute atomic E-state index is 0. The summed E-state index contributed by atoms with van der Waals surface area (Å²) in [6.07, 6.45) is 1.56. The average molecular weight is 136 g/mol. The molecule has 0 aliphatic heterocycles. The summed E-state index contributed by atoms with van der Waals surface area (Å²) in [7, 11) is 0. The molecular formula is C6H9NaO2. The van der Waals surface area contributed by atoms with Gasteiger partial charge in [0.1, 0.15) is 0 Å². The van der Waals surface area contributed by atoms with Crippen molar-refractivity contribution < 1.29 is 39.5 Å². The molecule has 9 heavy (non-hydrogen) atoms. The zero-order chi connectivity index (χ0) is 6.57. The fourth-order valence-electron chi connectivity index (χ4n) is 0.260. The second-order valence-electron chi connectivity index (χ2n) is 1.86. The molecule has 0 atom stereocenters. The van der Waals surface area contributed by atoms with E-state index in [1.807, 2.05) is 0 Å². The van der Waals surface area contributed by atoms with Gasteiger partial charge >= 0.3 is 29.6 Å². The van der Waals surface area contributed by atoms with Crippen LogP contribution in [0.5, 0.6) is 0 Å². The van der Waals surface area contributed by atoms with E-state index >= 15 is 0 Å². The molecule has 0 saturated carbocycles. The van der Waals surface area contributed by atoms with Gasteiger partial charge in [-0.25, -0.2) is 0 Å². The SMILES string of the molecule is CC(C)C(=O)/C=C/[O-].[Na+]. The summed E-state index contributed by atoms with van der Waals surface area (Å²) in [6, 6.07) is 0. The van der Waals surface area contributed by atoms with Gasteiger partial charge in [0.2, 0.25) is 0 Å². The molecule has 0 aromatic carbocycles. The smallest absolute Gasteiger partial charge is 0.878 e. The Morgan fingerprint density at radius 1 is 1.56 bits per heavy atom. The first-order valence-electron chi connectivity index (χ1n) is 2.51. The molecule has 3 heteroatoms. The Morgan fingerprint density at radius 2 is 2.00 bits per heavy atom. The third-order valence-electron chi connectivity index (χ3n) is 0.801. The van der Waals surface area contributed by atoms with Crippen molar-refractivity contribution in [3.8, 4) is 0 Å². The van der Waals surface area contributed by atoms with Crippen molar-refractivity contribution in [3.63, 3.8) is 0 Å². The summed E-state index contributed by atoms with van der Waals surface area (Å²) in [6.45, 7) is 3.50. The molecule has 0 spiro atoms. The summed E-state index contributed by atoms with van der Waals surface area (Å²) in [4.78, 5) is 10.5. The Morgan fingerprint density at radius 3 is 2.11 bits per heavy atom. The van der Waals surface area contributed by atoms with Crippen LogP contribution >= 0.6 is 0 Å². The van der Waals surface area contributed by atoms with Gasteiger partial charge in [0.05, 0.1) is 0 Å². The normalized spacial score (nSPS) is 9.67. The van der Waals surface area contributed by atoms with Gasteiger partial charge < -0.3 is 5.11 Å². The standard InChI is InChI=1S/C6H10O2.Na/c1-5(2)6(8)3-4-7;/h3-5,7H,1-2H3;/q;+1/p-1/b4-3+;. The van der Waals surface area contributed by atoms with Gasteiger partial charge in [0.25, 0.3) is 0 Å². The predicted molar refractivity (Wildman–Crippen MR) is 29.0 cm³/mol. The Balaban J connectivity index is 0. The molecule has 0 aliphatic rings. The van der Waals surface area contributed by atoms with Crippen LogP contribution in [-0.2, 0) is 4.79 Å². The van der Waals surface area contributed by atoms with Crippen molar-refractivity contribution in [1.82, 2.24) is 0 Å². The maximum Gasteiger partial charge on any atom is 1.00 e. The van der Waals surface area contributed by atoms with Crippen LogP contribution in [-0.4, -0.2) is 5.78 Å². The number of allylic oxidation sites excluding steroid dienone is 1. The molecule has 2 nitrogen and oxygen atoms in total. The summed E-state index contributed by atoms with van der Waals surface area (Å²) < 4.78 is 0. The minimum Gasteiger partial charge on any atom is -0.878 e. The van der Waals surface area contributed by atoms with Gasteiger partial charge in [0.15, 0.2) is 5.78 Å². The van der Waals surface area contributed by atoms with Crippen LogP contribution in [0.25, 0.3) is 0 Å². The summed E-state index contributed by atoms with van der Waals surface area (Å²) in [5.74, 6) is -0.166. The van der Waals surface area contributed by atoms with Gasteiger partial charge in [-0.3, -0.25) is 4.79 Å². The Kier molecular flexibility index (Phi) is 8.40. The van der Waals surface area contributed by atoms with Crippen molar-refractivity contribution in [1.29, 1.82) is 0 Å². The number of rotatable bonds is 2. The molecule has 0 rings (SSSR count). The second-order valence-corrected chi connectivity index (χ2v) is 1.86. The van der Waals surface area contributed by atoms with E-state index in [0.717, 1.165) is 6.08 Å². The zero-order valence-electron chi connectivity index (χ0n) is 6.05. The van der Waals surface area contributed by atoms with E-state index in [-0.39, 0.29) is 41.3 Å². The number of carbonyl (C=O) groups is 1. The monoisotopic (exact) mass is 136 g/mol. The van der Waals surface area contributed by atoms with Crippen molar-refractivity contribution in [2.45, 2.75) is 13.8 Å². The molecule has 0 fully saturated rings. The molecule has 0 unspecified atom stereocenters. The van der Waals surface area contributed by atoms with E-state index in [0.29, 0.717) is 6.26 Å². The quantitative estimate of drug-likeness (QED) is 0.232. The zero-order valence-corrected chi connectivity index (χ0v) is 8.05. The van der Waals surface area contributed by atoms with Crippen LogP contribution < -0.4 is 34.7 Å². The van der Waals surface area contributed by atoms with Crippen molar-refractivity contribution in [2.24, 2.45) is 5.92 Å². The molecular weight excluding hydrogens is 127 g/mol. The van der Waals surface area contributed by atoms with Gasteiger partial charge in [-0.1, -0.05) is 13.8 Å². The minimum atomic E-state index is -0.111. The third-order valence-corrected chi connectivity index (χ3v) is 0.801. The van der Waals surface area contributed by atoms with Crippen LogP contribution in [0.3, 0.4) is 0 Å². The number of carbonyl (C=O) groups excluding carboxylic acids is 1. The van der Waals surface area contributed by atoms with E-state index in [1.165, 1.54) is 0 Å². The van der Waals surface area contributed by atoms with Crippen molar-refractivity contribution >= 4 is 5.78 Å². The van der Waals surface area contributed by atoms with Crippen LogP contribution in [0.2, 0.25) is 0 Å². The molecule has 0 aromatic heterocycles. The van der Waals surface area contributed by atoms with Gasteiger partial charge in [-0.05, 0) is 6.08 Å².